The number of benzene rings is 1. The summed E-state index contributed by atoms with van der Waals surface area (Å²) < 4.78 is 13.2. The summed E-state index contributed by atoms with van der Waals surface area (Å²) in [6, 6.07) is 4.61. The molecular weight excluding hydrogens is 197 g/mol. The standard InChI is InChI=1S/C10H10FN3O/c1-2-8(15)13-10-12-7-5-3-4-6(11)9(7)14-10/h3-5H,2H2,1H3,(H2,12,13,14,15). The van der Waals surface area contributed by atoms with Crippen LogP contribution in [0.2, 0.25) is 0 Å². The molecule has 0 saturated carbocycles. The van der Waals surface area contributed by atoms with Crippen LogP contribution < -0.4 is 5.32 Å². The van der Waals surface area contributed by atoms with E-state index in [-0.39, 0.29) is 17.4 Å². The van der Waals surface area contributed by atoms with Gasteiger partial charge in [-0.05, 0) is 12.1 Å². The van der Waals surface area contributed by atoms with Crippen molar-refractivity contribution in [3.63, 3.8) is 0 Å². The molecule has 5 heteroatoms. The zero-order valence-electron chi connectivity index (χ0n) is 8.17. The molecule has 0 unspecified atom stereocenters. The van der Waals surface area contributed by atoms with E-state index in [1.165, 1.54) is 6.07 Å². The van der Waals surface area contributed by atoms with Crippen LogP contribution in [0, 0.1) is 5.82 Å². The number of fused-ring (bicyclic) bond motifs is 1. The van der Waals surface area contributed by atoms with Gasteiger partial charge in [-0.2, -0.15) is 0 Å². The Balaban J connectivity index is 2.39. The predicted molar refractivity (Wildman–Crippen MR) is 55.0 cm³/mol. The minimum Gasteiger partial charge on any atom is -0.324 e. The second-order valence-corrected chi connectivity index (χ2v) is 3.12. The molecule has 0 atom stereocenters. The Hall–Kier alpha value is -1.91. The van der Waals surface area contributed by atoms with E-state index in [0.717, 1.165) is 0 Å². The van der Waals surface area contributed by atoms with Crippen molar-refractivity contribution < 1.29 is 9.18 Å². The second kappa shape index (κ2) is 3.68. The highest BCUT2D eigenvalue weighted by Gasteiger charge is 2.07. The van der Waals surface area contributed by atoms with Gasteiger partial charge in [0, 0.05) is 6.42 Å². The molecule has 1 aromatic carbocycles. The predicted octanol–water partition coefficient (Wildman–Crippen LogP) is 2.05. The summed E-state index contributed by atoms with van der Waals surface area (Å²) in [6.45, 7) is 1.73. The molecular formula is C10H10FN3O. The van der Waals surface area contributed by atoms with Gasteiger partial charge in [-0.1, -0.05) is 13.0 Å². The molecule has 1 aromatic heterocycles. The molecule has 0 fully saturated rings. The Morgan fingerprint density at radius 1 is 1.60 bits per heavy atom. The van der Waals surface area contributed by atoms with Crippen molar-refractivity contribution in [1.29, 1.82) is 0 Å². The number of amides is 1. The van der Waals surface area contributed by atoms with Crippen LogP contribution in [0.15, 0.2) is 18.2 Å². The van der Waals surface area contributed by atoms with Crippen molar-refractivity contribution in [2.45, 2.75) is 13.3 Å². The summed E-state index contributed by atoms with van der Waals surface area (Å²) >= 11 is 0. The minimum absolute atomic E-state index is 0.158. The molecule has 1 amide bonds. The van der Waals surface area contributed by atoms with Crippen LogP contribution in [-0.2, 0) is 4.79 Å². The summed E-state index contributed by atoms with van der Waals surface area (Å²) in [4.78, 5) is 17.8. The quantitative estimate of drug-likeness (QED) is 0.791. The van der Waals surface area contributed by atoms with Crippen LogP contribution in [0.4, 0.5) is 10.3 Å². The number of carbonyl (C=O) groups excluding carboxylic acids is 1. The fourth-order valence-corrected chi connectivity index (χ4v) is 1.28. The van der Waals surface area contributed by atoms with Crippen LogP contribution in [0.3, 0.4) is 0 Å². The lowest BCUT2D eigenvalue weighted by Crippen LogP contribution is -2.10. The number of aromatic nitrogens is 2. The van der Waals surface area contributed by atoms with Gasteiger partial charge in [0.05, 0.1) is 5.52 Å². The first kappa shape index (κ1) is 9.64. The van der Waals surface area contributed by atoms with E-state index in [2.05, 4.69) is 15.3 Å². The van der Waals surface area contributed by atoms with E-state index in [4.69, 9.17) is 0 Å². The number of para-hydroxylation sites is 1. The van der Waals surface area contributed by atoms with Crippen LogP contribution in [0.25, 0.3) is 11.0 Å². The molecule has 1 heterocycles. The average Bonchev–Trinajstić information content (AvgIpc) is 2.62. The number of carbonyl (C=O) groups is 1. The molecule has 0 bridgehead atoms. The molecule has 0 aliphatic rings. The van der Waals surface area contributed by atoms with Gasteiger partial charge in [0.15, 0.2) is 5.82 Å². The Bertz CT molecular complexity index is 506. The number of anilines is 1. The van der Waals surface area contributed by atoms with Crippen molar-refractivity contribution in [1.82, 2.24) is 9.97 Å². The molecule has 15 heavy (non-hydrogen) atoms. The fourth-order valence-electron chi connectivity index (χ4n) is 1.28. The molecule has 2 aromatic rings. The lowest BCUT2D eigenvalue weighted by atomic mass is 10.3. The normalized spacial score (nSPS) is 10.5. The van der Waals surface area contributed by atoms with Gasteiger partial charge < -0.3 is 4.98 Å². The second-order valence-electron chi connectivity index (χ2n) is 3.12. The number of nitrogens with one attached hydrogen (secondary N) is 2. The lowest BCUT2D eigenvalue weighted by Gasteiger charge is -1.95. The molecule has 0 radical (unpaired) electrons. The first-order valence-corrected chi connectivity index (χ1v) is 4.64. The fraction of sp³-hybridized carbons (Fsp3) is 0.200. The van der Waals surface area contributed by atoms with E-state index in [1.54, 1.807) is 19.1 Å². The third-order valence-corrected chi connectivity index (χ3v) is 2.04. The molecule has 2 N–H and O–H groups in total. The van der Waals surface area contributed by atoms with Crippen molar-refractivity contribution in [2.75, 3.05) is 5.32 Å². The highest BCUT2D eigenvalue weighted by atomic mass is 19.1. The van der Waals surface area contributed by atoms with Gasteiger partial charge in [0.25, 0.3) is 0 Å². The molecule has 4 nitrogen and oxygen atoms in total. The number of aromatic amines is 1. The van der Waals surface area contributed by atoms with Gasteiger partial charge in [-0.3, -0.25) is 10.1 Å². The summed E-state index contributed by atoms with van der Waals surface area (Å²) in [5.41, 5.74) is 0.810. The maximum Gasteiger partial charge on any atom is 0.226 e. The van der Waals surface area contributed by atoms with Crippen molar-refractivity contribution in [3.05, 3.63) is 24.0 Å². The molecule has 0 aliphatic carbocycles. The summed E-state index contributed by atoms with van der Waals surface area (Å²) in [5.74, 6) is -0.280. The Morgan fingerprint density at radius 3 is 3.07 bits per heavy atom. The number of imidazole rings is 1. The van der Waals surface area contributed by atoms with Crippen LogP contribution in [0.5, 0.6) is 0 Å². The Labute approximate surface area is 85.5 Å². The Morgan fingerprint density at radius 2 is 2.40 bits per heavy atom. The van der Waals surface area contributed by atoms with Crippen LogP contribution in [-0.4, -0.2) is 15.9 Å². The van der Waals surface area contributed by atoms with Gasteiger partial charge in [-0.15, -0.1) is 0 Å². The van der Waals surface area contributed by atoms with E-state index >= 15 is 0 Å². The van der Waals surface area contributed by atoms with Crippen molar-refractivity contribution in [2.24, 2.45) is 0 Å². The van der Waals surface area contributed by atoms with Crippen molar-refractivity contribution >= 4 is 22.9 Å². The molecule has 0 aliphatic heterocycles. The average molecular weight is 207 g/mol. The number of H-pyrrole nitrogens is 1. The third-order valence-electron chi connectivity index (χ3n) is 2.04. The zero-order valence-corrected chi connectivity index (χ0v) is 8.17. The first-order chi connectivity index (χ1) is 7.20. The van der Waals surface area contributed by atoms with Gasteiger partial charge in [0.1, 0.15) is 5.52 Å². The Kier molecular flexibility index (Phi) is 2.37. The first-order valence-electron chi connectivity index (χ1n) is 4.64. The molecule has 78 valence electrons. The number of nitrogens with zero attached hydrogens (tertiary/aromatic N) is 1. The summed E-state index contributed by atoms with van der Waals surface area (Å²) in [7, 11) is 0. The highest BCUT2D eigenvalue weighted by molar-refractivity contribution is 5.90. The van der Waals surface area contributed by atoms with Crippen LogP contribution >= 0.6 is 0 Å². The number of hydrogen-bond acceptors (Lipinski definition) is 2. The van der Waals surface area contributed by atoms with Gasteiger partial charge in [0.2, 0.25) is 11.9 Å². The van der Waals surface area contributed by atoms with Crippen molar-refractivity contribution in [3.8, 4) is 0 Å². The largest absolute Gasteiger partial charge is 0.324 e. The maximum absolute atomic E-state index is 13.2. The number of hydrogen-bond donors (Lipinski definition) is 2. The van der Waals surface area contributed by atoms with E-state index < -0.39 is 5.82 Å². The number of rotatable bonds is 2. The van der Waals surface area contributed by atoms with Gasteiger partial charge in [-0.25, -0.2) is 9.37 Å². The third kappa shape index (κ3) is 1.81. The van der Waals surface area contributed by atoms with Crippen LogP contribution in [0.1, 0.15) is 13.3 Å². The van der Waals surface area contributed by atoms with Gasteiger partial charge >= 0.3 is 0 Å². The minimum atomic E-state index is -0.402. The van der Waals surface area contributed by atoms with E-state index in [9.17, 15) is 9.18 Å². The monoisotopic (exact) mass is 207 g/mol. The summed E-state index contributed by atoms with van der Waals surface area (Å²) in [6.07, 6.45) is 0.361. The maximum atomic E-state index is 13.2. The zero-order chi connectivity index (χ0) is 10.8. The molecule has 2 rings (SSSR count). The highest BCUT2D eigenvalue weighted by Crippen LogP contribution is 2.17. The molecule has 0 saturated heterocycles. The summed E-state index contributed by atoms with van der Waals surface area (Å²) in [5, 5.41) is 2.54. The van der Waals surface area contributed by atoms with E-state index in [0.29, 0.717) is 11.9 Å². The smallest absolute Gasteiger partial charge is 0.226 e. The molecule has 0 spiro atoms. The van der Waals surface area contributed by atoms with E-state index in [1.807, 2.05) is 0 Å². The topological polar surface area (TPSA) is 57.8 Å². The SMILES string of the molecule is CCC(=O)Nc1nc2c(F)cccc2[nH]1. The lowest BCUT2D eigenvalue weighted by molar-refractivity contribution is -0.115. The number of halogens is 1.